The topological polar surface area (TPSA) is 29.3 Å². The van der Waals surface area contributed by atoms with Gasteiger partial charge in [0.25, 0.3) is 0 Å². The fourth-order valence-corrected chi connectivity index (χ4v) is 2.36. The Hall–Kier alpha value is -1.09. The number of hydrogen-bond acceptors (Lipinski definition) is 2. The Balaban J connectivity index is 3.04. The van der Waals surface area contributed by atoms with Crippen molar-refractivity contribution in [3.63, 3.8) is 0 Å². The first kappa shape index (κ1) is 17.0. The predicted octanol–water partition coefficient (Wildman–Crippen LogP) is 3.98. The molecule has 0 saturated carbocycles. The first-order valence-corrected chi connectivity index (χ1v) is 7.81. The molecule has 0 aromatic heterocycles. The van der Waals surface area contributed by atoms with Crippen molar-refractivity contribution in [3.8, 4) is 0 Å². The second kappa shape index (κ2) is 8.25. The summed E-state index contributed by atoms with van der Waals surface area (Å²) in [6.07, 6.45) is 2.61. The maximum absolute atomic E-state index is 14.2. The molecule has 0 spiro atoms. The van der Waals surface area contributed by atoms with E-state index in [1.54, 1.807) is 6.07 Å². The minimum absolute atomic E-state index is 0.0213. The van der Waals surface area contributed by atoms with E-state index in [-0.39, 0.29) is 11.9 Å². The lowest BCUT2D eigenvalue weighted by Crippen LogP contribution is -2.30. The van der Waals surface area contributed by atoms with Gasteiger partial charge >= 0.3 is 0 Å². The van der Waals surface area contributed by atoms with Crippen LogP contribution in [0.15, 0.2) is 18.2 Å². The van der Waals surface area contributed by atoms with Crippen LogP contribution in [0.2, 0.25) is 0 Å². The van der Waals surface area contributed by atoms with Crippen LogP contribution >= 0.6 is 0 Å². The number of hydrogen-bond donors (Lipinski definition) is 1. The number of nitrogens with two attached hydrogens (primary N) is 1. The van der Waals surface area contributed by atoms with Crippen molar-refractivity contribution in [3.05, 3.63) is 29.6 Å². The Morgan fingerprint density at radius 1 is 1.20 bits per heavy atom. The normalized spacial score (nSPS) is 14.1. The first-order chi connectivity index (χ1) is 9.53. The number of rotatable bonds is 8. The van der Waals surface area contributed by atoms with E-state index in [4.69, 9.17) is 5.73 Å². The van der Waals surface area contributed by atoms with Crippen molar-refractivity contribution in [1.82, 2.24) is 0 Å². The fourth-order valence-electron chi connectivity index (χ4n) is 2.36. The highest BCUT2D eigenvalue weighted by Crippen LogP contribution is 2.26. The highest BCUT2D eigenvalue weighted by atomic mass is 19.1. The van der Waals surface area contributed by atoms with Gasteiger partial charge in [-0.3, -0.25) is 0 Å². The summed E-state index contributed by atoms with van der Waals surface area (Å²) in [6, 6.07) is 5.38. The first-order valence-electron chi connectivity index (χ1n) is 7.81. The largest absolute Gasteiger partial charge is 0.371 e. The fraction of sp³-hybridized carbons (Fsp3) is 0.647. The smallest absolute Gasteiger partial charge is 0.128 e. The molecule has 1 aromatic rings. The second-order valence-electron chi connectivity index (χ2n) is 5.66. The van der Waals surface area contributed by atoms with Gasteiger partial charge in [0.15, 0.2) is 0 Å². The van der Waals surface area contributed by atoms with E-state index in [9.17, 15) is 4.39 Å². The Labute approximate surface area is 123 Å². The Morgan fingerprint density at radius 3 is 2.45 bits per heavy atom. The number of nitrogens with zero attached hydrogens (tertiary/aromatic N) is 1. The van der Waals surface area contributed by atoms with Crippen molar-refractivity contribution in [2.45, 2.75) is 53.0 Å². The average Bonchev–Trinajstić information content (AvgIpc) is 2.46. The molecule has 1 rings (SSSR count). The van der Waals surface area contributed by atoms with Crippen LogP contribution in [-0.4, -0.2) is 19.1 Å². The minimum Gasteiger partial charge on any atom is -0.371 e. The van der Waals surface area contributed by atoms with Crippen LogP contribution in [0.4, 0.5) is 10.1 Å². The summed E-state index contributed by atoms with van der Waals surface area (Å²) in [4.78, 5) is 2.27. The molecular weight excluding hydrogens is 251 g/mol. The van der Waals surface area contributed by atoms with Crippen molar-refractivity contribution in [2.24, 2.45) is 11.7 Å². The number of benzene rings is 1. The maximum Gasteiger partial charge on any atom is 0.128 e. The van der Waals surface area contributed by atoms with E-state index in [1.807, 2.05) is 13.0 Å². The highest BCUT2D eigenvalue weighted by molar-refractivity contribution is 5.54. The molecule has 0 amide bonds. The summed E-state index contributed by atoms with van der Waals surface area (Å²) in [5, 5.41) is 0. The van der Waals surface area contributed by atoms with Gasteiger partial charge < -0.3 is 10.6 Å². The molecule has 0 aliphatic heterocycles. The molecule has 2 N–H and O–H groups in total. The molecule has 0 heterocycles. The van der Waals surface area contributed by atoms with E-state index >= 15 is 0 Å². The third-order valence-corrected chi connectivity index (χ3v) is 4.04. The molecule has 2 atom stereocenters. The Kier molecular flexibility index (Phi) is 7.00. The minimum atomic E-state index is -0.131. The molecular formula is C17H29FN2. The Morgan fingerprint density at radius 2 is 1.90 bits per heavy atom. The van der Waals surface area contributed by atoms with E-state index in [0.29, 0.717) is 12.3 Å². The maximum atomic E-state index is 14.2. The van der Waals surface area contributed by atoms with Crippen LogP contribution in [0.1, 0.15) is 46.1 Å². The van der Waals surface area contributed by atoms with E-state index in [2.05, 4.69) is 25.7 Å². The lowest BCUT2D eigenvalue weighted by molar-refractivity contribution is 0.540. The van der Waals surface area contributed by atoms with Crippen molar-refractivity contribution >= 4 is 5.69 Å². The van der Waals surface area contributed by atoms with E-state index in [1.165, 1.54) is 6.07 Å². The quantitative estimate of drug-likeness (QED) is 0.780. The van der Waals surface area contributed by atoms with Crippen LogP contribution in [0.5, 0.6) is 0 Å². The van der Waals surface area contributed by atoms with Gasteiger partial charge in [-0.2, -0.15) is 0 Å². The van der Waals surface area contributed by atoms with Crippen LogP contribution in [0.3, 0.4) is 0 Å². The lowest BCUT2D eigenvalue weighted by atomic mass is 10.0. The molecule has 0 aliphatic rings. The van der Waals surface area contributed by atoms with Crippen LogP contribution < -0.4 is 10.6 Å². The third-order valence-electron chi connectivity index (χ3n) is 4.04. The van der Waals surface area contributed by atoms with Gasteiger partial charge in [-0.15, -0.1) is 0 Å². The van der Waals surface area contributed by atoms with Gasteiger partial charge in [-0.25, -0.2) is 4.39 Å². The standard InChI is InChI=1S/C17H29FN2/c1-5-13(4)12-20(7-3)17-10-8-9-16(18)15(17)11-14(19)6-2/h8-10,13-14H,5-7,11-12,19H2,1-4H3. The number of anilines is 1. The molecule has 0 fully saturated rings. The molecule has 20 heavy (non-hydrogen) atoms. The van der Waals surface area contributed by atoms with Crippen molar-refractivity contribution < 1.29 is 4.39 Å². The monoisotopic (exact) mass is 280 g/mol. The summed E-state index contributed by atoms with van der Waals surface area (Å²) in [7, 11) is 0. The zero-order valence-electron chi connectivity index (χ0n) is 13.3. The molecule has 1 aromatic carbocycles. The SMILES string of the molecule is CCC(C)CN(CC)c1cccc(F)c1CC(N)CC. The van der Waals surface area contributed by atoms with Gasteiger partial charge in [-0.1, -0.05) is 33.3 Å². The van der Waals surface area contributed by atoms with Gasteiger partial charge in [0.1, 0.15) is 5.82 Å². The highest BCUT2D eigenvalue weighted by Gasteiger charge is 2.17. The van der Waals surface area contributed by atoms with Crippen LogP contribution in [0.25, 0.3) is 0 Å². The predicted molar refractivity (Wildman–Crippen MR) is 85.7 cm³/mol. The van der Waals surface area contributed by atoms with Gasteiger partial charge in [0, 0.05) is 30.4 Å². The molecule has 0 saturated heterocycles. The molecule has 0 radical (unpaired) electrons. The molecule has 3 heteroatoms. The van der Waals surface area contributed by atoms with E-state index in [0.717, 1.165) is 37.2 Å². The summed E-state index contributed by atoms with van der Waals surface area (Å²) < 4.78 is 14.2. The van der Waals surface area contributed by atoms with Crippen LogP contribution in [0, 0.1) is 11.7 Å². The third kappa shape index (κ3) is 4.48. The molecule has 2 nitrogen and oxygen atoms in total. The summed E-state index contributed by atoms with van der Waals surface area (Å²) in [6.45, 7) is 10.4. The zero-order chi connectivity index (χ0) is 15.1. The van der Waals surface area contributed by atoms with Gasteiger partial charge in [0.2, 0.25) is 0 Å². The molecule has 0 bridgehead atoms. The zero-order valence-corrected chi connectivity index (χ0v) is 13.3. The summed E-state index contributed by atoms with van der Waals surface area (Å²) >= 11 is 0. The summed E-state index contributed by atoms with van der Waals surface area (Å²) in [5.74, 6) is 0.472. The molecule has 2 unspecified atom stereocenters. The second-order valence-corrected chi connectivity index (χ2v) is 5.66. The molecule has 0 aliphatic carbocycles. The average molecular weight is 280 g/mol. The van der Waals surface area contributed by atoms with Crippen molar-refractivity contribution in [2.75, 3.05) is 18.0 Å². The number of halogens is 1. The van der Waals surface area contributed by atoms with Crippen LogP contribution in [-0.2, 0) is 6.42 Å². The van der Waals surface area contributed by atoms with Gasteiger partial charge in [0.05, 0.1) is 0 Å². The summed E-state index contributed by atoms with van der Waals surface area (Å²) in [5.41, 5.74) is 7.81. The molecule has 114 valence electrons. The van der Waals surface area contributed by atoms with Crippen molar-refractivity contribution in [1.29, 1.82) is 0 Å². The van der Waals surface area contributed by atoms with Gasteiger partial charge in [-0.05, 0) is 37.8 Å². The Bertz CT molecular complexity index is 406. The van der Waals surface area contributed by atoms with E-state index < -0.39 is 0 Å². The lowest BCUT2D eigenvalue weighted by Gasteiger charge is -2.29.